The summed E-state index contributed by atoms with van der Waals surface area (Å²) in [5, 5.41) is 9.78. The smallest absolute Gasteiger partial charge is 0.161 e. The Morgan fingerprint density at radius 2 is 2.00 bits per heavy atom. The first-order chi connectivity index (χ1) is 9.29. The molecule has 0 aliphatic heterocycles. The molecular formula is C14H13BrN4. The van der Waals surface area contributed by atoms with E-state index in [2.05, 4.69) is 43.5 Å². The van der Waals surface area contributed by atoms with Crippen LogP contribution < -0.4 is 5.32 Å². The number of benzene rings is 1. The van der Waals surface area contributed by atoms with Crippen molar-refractivity contribution in [1.82, 2.24) is 20.1 Å². The third-order valence-electron chi connectivity index (χ3n) is 2.99. The Morgan fingerprint density at radius 3 is 2.68 bits per heavy atom. The maximum atomic E-state index is 4.55. The Balaban J connectivity index is 2.24. The van der Waals surface area contributed by atoms with Gasteiger partial charge in [-0.2, -0.15) is 5.10 Å². The van der Waals surface area contributed by atoms with Crippen molar-refractivity contribution in [2.24, 2.45) is 0 Å². The summed E-state index contributed by atoms with van der Waals surface area (Å²) < 4.78 is 2.73. The van der Waals surface area contributed by atoms with Crippen LogP contribution in [0.25, 0.3) is 16.6 Å². The van der Waals surface area contributed by atoms with Gasteiger partial charge < -0.3 is 5.32 Å². The van der Waals surface area contributed by atoms with Gasteiger partial charge in [-0.15, -0.1) is 0 Å². The minimum Gasteiger partial charge on any atom is -0.316 e. The molecule has 5 heteroatoms. The van der Waals surface area contributed by atoms with Crippen molar-refractivity contribution in [1.29, 1.82) is 0 Å². The molecule has 3 aromatic rings. The molecule has 0 unspecified atom stereocenters. The lowest BCUT2D eigenvalue weighted by molar-refractivity contribution is 0.811. The van der Waals surface area contributed by atoms with Crippen molar-refractivity contribution in [3.63, 3.8) is 0 Å². The first-order valence-electron chi connectivity index (χ1n) is 6.01. The van der Waals surface area contributed by atoms with Crippen LogP contribution in [0.5, 0.6) is 0 Å². The molecule has 0 saturated carbocycles. The molecular weight excluding hydrogens is 304 g/mol. The summed E-state index contributed by atoms with van der Waals surface area (Å²) in [6.07, 6.45) is 5.58. The highest BCUT2D eigenvalue weighted by Gasteiger charge is 2.09. The van der Waals surface area contributed by atoms with Crippen LogP contribution in [-0.4, -0.2) is 21.8 Å². The van der Waals surface area contributed by atoms with E-state index >= 15 is 0 Å². The summed E-state index contributed by atoms with van der Waals surface area (Å²) in [5.41, 5.74) is 1.19. The molecule has 4 nitrogen and oxygen atoms in total. The van der Waals surface area contributed by atoms with Crippen LogP contribution in [0.1, 0.15) is 5.56 Å². The molecule has 96 valence electrons. The maximum absolute atomic E-state index is 4.55. The third kappa shape index (κ3) is 2.27. The molecule has 1 aromatic carbocycles. The van der Waals surface area contributed by atoms with Gasteiger partial charge in [-0.25, -0.2) is 9.67 Å². The number of hydrogen-bond acceptors (Lipinski definition) is 3. The topological polar surface area (TPSA) is 42.7 Å². The zero-order valence-corrected chi connectivity index (χ0v) is 12.1. The fourth-order valence-electron chi connectivity index (χ4n) is 2.17. The molecule has 0 aliphatic rings. The molecule has 0 bridgehead atoms. The number of pyridine rings is 1. The minimum atomic E-state index is 0.802. The van der Waals surface area contributed by atoms with E-state index in [1.54, 1.807) is 10.9 Å². The average Bonchev–Trinajstić information content (AvgIpc) is 2.86. The second kappa shape index (κ2) is 5.11. The van der Waals surface area contributed by atoms with Crippen LogP contribution in [0.15, 0.2) is 47.3 Å². The van der Waals surface area contributed by atoms with Gasteiger partial charge in [-0.1, -0.05) is 24.3 Å². The van der Waals surface area contributed by atoms with E-state index in [4.69, 9.17) is 0 Å². The summed E-state index contributed by atoms with van der Waals surface area (Å²) in [5.74, 6) is 0.848. The lowest BCUT2D eigenvalue weighted by Gasteiger charge is -2.10. The van der Waals surface area contributed by atoms with E-state index in [-0.39, 0.29) is 0 Å². The summed E-state index contributed by atoms with van der Waals surface area (Å²) in [4.78, 5) is 4.55. The van der Waals surface area contributed by atoms with Gasteiger partial charge in [0.1, 0.15) is 0 Å². The largest absolute Gasteiger partial charge is 0.316 e. The second-order valence-corrected chi connectivity index (χ2v) is 5.20. The Hall–Kier alpha value is -1.72. The molecule has 0 saturated heterocycles. The lowest BCUT2D eigenvalue weighted by Crippen LogP contribution is -2.07. The number of nitrogens with one attached hydrogen (secondary N) is 1. The number of nitrogens with zero attached hydrogens (tertiary/aromatic N) is 3. The number of rotatable bonds is 3. The van der Waals surface area contributed by atoms with Crippen LogP contribution in [0.2, 0.25) is 0 Å². The van der Waals surface area contributed by atoms with Crippen LogP contribution in [0.3, 0.4) is 0 Å². The zero-order valence-electron chi connectivity index (χ0n) is 10.5. The standard InChI is InChI=1S/C14H13BrN4/c1-16-6-10-7-17-14(19-9-11(15)8-18-19)13-5-3-2-4-12(10)13/h2-5,7-9,16H,6H2,1H3. The quantitative estimate of drug-likeness (QED) is 0.808. The van der Waals surface area contributed by atoms with E-state index in [1.807, 2.05) is 31.6 Å². The van der Waals surface area contributed by atoms with Gasteiger partial charge in [0.25, 0.3) is 0 Å². The van der Waals surface area contributed by atoms with Gasteiger partial charge in [-0.05, 0) is 33.9 Å². The number of halogens is 1. The molecule has 0 spiro atoms. The van der Waals surface area contributed by atoms with Gasteiger partial charge in [0.05, 0.1) is 10.7 Å². The molecule has 0 aliphatic carbocycles. The fourth-order valence-corrected chi connectivity index (χ4v) is 2.45. The maximum Gasteiger partial charge on any atom is 0.161 e. The molecule has 0 atom stereocenters. The van der Waals surface area contributed by atoms with Crippen LogP contribution in [0, 0.1) is 0 Å². The van der Waals surface area contributed by atoms with E-state index in [1.165, 1.54) is 10.9 Å². The highest BCUT2D eigenvalue weighted by atomic mass is 79.9. The summed E-state index contributed by atoms with van der Waals surface area (Å²) in [7, 11) is 1.94. The molecule has 0 fully saturated rings. The van der Waals surface area contributed by atoms with Crippen molar-refractivity contribution in [2.75, 3.05) is 7.05 Å². The first kappa shape index (κ1) is 12.3. The van der Waals surface area contributed by atoms with E-state index < -0.39 is 0 Å². The Morgan fingerprint density at radius 1 is 1.21 bits per heavy atom. The van der Waals surface area contributed by atoms with Crippen molar-refractivity contribution in [3.05, 3.63) is 52.9 Å². The minimum absolute atomic E-state index is 0.802. The zero-order chi connectivity index (χ0) is 13.2. The molecule has 1 N–H and O–H groups in total. The lowest BCUT2D eigenvalue weighted by atomic mass is 10.1. The number of hydrogen-bond donors (Lipinski definition) is 1. The van der Waals surface area contributed by atoms with Crippen molar-refractivity contribution < 1.29 is 0 Å². The third-order valence-corrected chi connectivity index (χ3v) is 3.40. The van der Waals surface area contributed by atoms with E-state index in [0.717, 1.165) is 22.2 Å². The predicted octanol–water partition coefficient (Wildman–Crippen LogP) is 2.90. The number of aromatic nitrogens is 3. The molecule has 2 aromatic heterocycles. The summed E-state index contributed by atoms with van der Waals surface area (Å²) in [6, 6.07) is 8.26. The van der Waals surface area contributed by atoms with Gasteiger partial charge in [0, 0.05) is 24.3 Å². The Kier molecular flexibility index (Phi) is 3.31. The molecule has 2 heterocycles. The predicted molar refractivity (Wildman–Crippen MR) is 79.3 cm³/mol. The molecule has 0 amide bonds. The van der Waals surface area contributed by atoms with Gasteiger partial charge in [0.2, 0.25) is 0 Å². The average molecular weight is 317 g/mol. The molecule has 0 radical (unpaired) electrons. The SMILES string of the molecule is CNCc1cnc(-n2cc(Br)cn2)c2ccccc12. The summed E-state index contributed by atoms with van der Waals surface area (Å²) in [6.45, 7) is 0.802. The van der Waals surface area contributed by atoms with E-state index in [0.29, 0.717) is 0 Å². The van der Waals surface area contributed by atoms with Crippen molar-refractivity contribution >= 4 is 26.7 Å². The molecule has 19 heavy (non-hydrogen) atoms. The highest BCUT2D eigenvalue weighted by Crippen LogP contribution is 2.24. The van der Waals surface area contributed by atoms with E-state index in [9.17, 15) is 0 Å². The Bertz CT molecular complexity index is 720. The van der Waals surface area contributed by atoms with Gasteiger partial charge in [0.15, 0.2) is 5.82 Å². The number of fused-ring (bicyclic) bond motifs is 1. The second-order valence-electron chi connectivity index (χ2n) is 4.29. The van der Waals surface area contributed by atoms with Crippen molar-refractivity contribution in [2.45, 2.75) is 6.54 Å². The van der Waals surface area contributed by atoms with Crippen LogP contribution in [0.4, 0.5) is 0 Å². The van der Waals surface area contributed by atoms with Gasteiger partial charge >= 0.3 is 0 Å². The first-order valence-corrected chi connectivity index (χ1v) is 6.80. The Labute approximate surface area is 119 Å². The van der Waals surface area contributed by atoms with Crippen LogP contribution in [-0.2, 0) is 6.54 Å². The monoisotopic (exact) mass is 316 g/mol. The highest BCUT2D eigenvalue weighted by molar-refractivity contribution is 9.10. The fraction of sp³-hybridized carbons (Fsp3) is 0.143. The van der Waals surface area contributed by atoms with Crippen LogP contribution >= 0.6 is 15.9 Å². The van der Waals surface area contributed by atoms with Gasteiger partial charge in [-0.3, -0.25) is 0 Å². The normalized spacial score (nSPS) is 11.1. The van der Waals surface area contributed by atoms with Crippen molar-refractivity contribution in [3.8, 4) is 5.82 Å². The summed E-state index contributed by atoms with van der Waals surface area (Å²) >= 11 is 3.41. The molecule has 3 rings (SSSR count).